The molecule has 7 heteroatoms. The molecule has 2 atom stereocenters. The lowest BCUT2D eigenvalue weighted by Gasteiger charge is -2.51. The lowest BCUT2D eigenvalue weighted by Crippen LogP contribution is -2.62. The third kappa shape index (κ3) is 3.90. The summed E-state index contributed by atoms with van der Waals surface area (Å²) >= 11 is 0. The van der Waals surface area contributed by atoms with Gasteiger partial charge in [-0.1, -0.05) is 121 Å². The van der Waals surface area contributed by atoms with Crippen LogP contribution < -0.4 is 0 Å². The summed E-state index contributed by atoms with van der Waals surface area (Å²) in [5.41, 5.74) is -1.92. The molecule has 2 saturated heterocycles. The van der Waals surface area contributed by atoms with Gasteiger partial charge in [0, 0.05) is 12.8 Å². The van der Waals surface area contributed by atoms with Crippen molar-refractivity contribution in [3.05, 3.63) is 144 Å². The number of hydrogen-bond acceptors (Lipinski definition) is 7. The van der Waals surface area contributed by atoms with Crippen molar-refractivity contribution in [1.29, 1.82) is 0 Å². The Labute approximate surface area is 226 Å². The van der Waals surface area contributed by atoms with Crippen molar-refractivity contribution in [1.82, 2.24) is 0 Å². The highest BCUT2D eigenvalue weighted by atomic mass is 17.2. The van der Waals surface area contributed by atoms with Crippen LogP contribution in [0.15, 0.2) is 121 Å². The van der Waals surface area contributed by atoms with Gasteiger partial charge in [-0.15, -0.1) is 0 Å². The molecule has 7 nitrogen and oxygen atoms in total. The number of rotatable bonds is 7. The zero-order valence-electron chi connectivity index (χ0n) is 21.1. The van der Waals surface area contributed by atoms with Gasteiger partial charge in [0.2, 0.25) is 5.79 Å². The van der Waals surface area contributed by atoms with E-state index in [1.165, 1.54) is 0 Å². The number of carbonyl (C=O) groups is 1. The van der Waals surface area contributed by atoms with Crippen LogP contribution in [0, 0.1) is 5.41 Å². The molecule has 0 aromatic heterocycles. The Morgan fingerprint density at radius 3 is 1.64 bits per heavy atom. The fourth-order valence-electron chi connectivity index (χ4n) is 6.01. The molecule has 2 heterocycles. The first-order valence-corrected chi connectivity index (χ1v) is 12.8. The molecule has 6 rings (SSSR count). The van der Waals surface area contributed by atoms with Crippen LogP contribution in [0.1, 0.15) is 35.1 Å². The molecule has 0 amide bonds. The SMILES string of the molecule is O=C1OCC2(O)OOC(c3ccccc3)(c3ccccc3)CC12CC(OO)(c1ccccc1)c1ccccc1. The minimum Gasteiger partial charge on any atom is -0.459 e. The molecule has 2 fully saturated rings. The zero-order valence-corrected chi connectivity index (χ0v) is 21.1. The first-order valence-electron chi connectivity index (χ1n) is 12.8. The van der Waals surface area contributed by atoms with Crippen molar-refractivity contribution in [2.75, 3.05) is 6.61 Å². The van der Waals surface area contributed by atoms with E-state index in [2.05, 4.69) is 0 Å². The lowest BCUT2D eigenvalue weighted by molar-refractivity contribution is -0.507. The highest BCUT2D eigenvalue weighted by Gasteiger charge is 2.73. The number of fused-ring (bicyclic) bond motifs is 1. The summed E-state index contributed by atoms with van der Waals surface area (Å²) in [6.45, 7) is -0.434. The number of esters is 1. The maximum atomic E-state index is 13.9. The Morgan fingerprint density at radius 1 is 0.718 bits per heavy atom. The van der Waals surface area contributed by atoms with Gasteiger partial charge < -0.3 is 9.84 Å². The second kappa shape index (κ2) is 9.72. The highest BCUT2D eigenvalue weighted by Crippen LogP contribution is 2.61. The molecule has 0 saturated carbocycles. The van der Waals surface area contributed by atoms with Crippen LogP contribution in [0.2, 0.25) is 0 Å². The number of ether oxygens (including phenoxy) is 1. The van der Waals surface area contributed by atoms with E-state index in [1.807, 2.05) is 97.1 Å². The van der Waals surface area contributed by atoms with E-state index in [4.69, 9.17) is 19.4 Å². The normalized spacial score (nSPS) is 24.1. The van der Waals surface area contributed by atoms with Crippen molar-refractivity contribution in [2.24, 2.45) is 5.41 Å². The Kier molecular flexibility index (Phi) is 6.33. The molecule has 0 bridgehead atoms. The van der Waals surface area contributed by atoms with Gasteiger partial charge in [-0.25, -0.2) is 9.78 Å². The predicted molar refractivity (Wildman–Crippen MR) is 141 cm³/mol. The van der Waals surface area contributed by atoms with E-state index >= 15 is 0 Å². The van der Waals surface area contributed by atoms with E-state index in [1.54, 1.807) is 24.3 Å². The van der Waals surface area contributed by atoms with Crippen LogP contribution >= 0.6 is 0 Å². The molecule has 2 aliphatic rings. The summed E-state index contributed by atoms with van der Waals surface area (Å²) in [7, 11) is 0. The number of aliphatic hydroxyl groups is 1. The first kappa shape index (κ1) is 25.4. The molecule has 39 heavy (non-hydrogen) atoms. The Morgan fingerprint density at radius 2 is 1.18 bits per heavy atom. The van der Waals surface area contributed by atoms with E-state index in [0.717, 1.165) is 11.1 Å². The molecule has 2 N–H and O–H groups in total. The number of benzene rings is 4. The summed E-state index contributed by atoms with van der Waals surface area (Å²) in [5.74, 6) is -2.82. The minimum atomic E-state index is -2.15. The Hall–Kier alpha value is -3.85. The van der Waals surface area contributed by atoms with Crippen LogP contribution in [0.5, 0.6) is 0 Å². The van der Waals surface area contributed by atoms with Gasteiger partial charge in [-0.3, -0.25) is 10.1 Å². The fraction of sp³-hybridized carbons (Fsp3) is 0.219. The van der Waals surface area contributed by atoms with Crippen LogP contribution in [0.3, 0.4) is 0 Å². The average Bonchev–Trinajstić information content (AvgIpc) is 3.26. The summed E-state index contributed by atoms with van der Waals surface area (Å²) < 4.78 is 5.50. The van der Waals surface area contributed by atoms with Gasteiger partial charge in [0.05, 0.1) is 0 Å². The monoisotopic (exact) mass is 524 g/mol. The Bertz CT molecular complexity index is 1350. The molecule has 4 aromatic rings. The van der Waals surface area contributed by atoms with E-state index in [-0.39, 0.29) is 12.8 Å². The summed E-state index contributed by atoms with van der Waals surface area (Å²) in [5, 5.41) is 22.5. The smallest absolute Gasteiger partial charge is 0.318 e. The zero-order chi connectivity index (χ0) is 27.0. The topological polar surface area (TPSA) is 94.5 Å². The van der Waals surface area contributed by atoms with Gasteiger partial charge in [-0.05, 0) is 22.3 Å². The number of hydrogen-bond donors (Lipinski definition) is 2. The molecule has 4 aromatic carbocycles. The first-order chi connectivity index (χ1) is 19.0. The van der Waals surface area contributed by atoms with Crippen LogP contribution in [0.4, 0.5) is 0 Å². The van der Waals surface area contributed by atoms with Crippen molar-refractivity contribution in [3.8, 4) is 0 Å². The third-order valence-electron chi connectivity index (χ3n) is 8.08. The van der Waals surface area contributed by atoms with Crippen molar-refractivity contribution in [2.45, 2.75) is 29.8 Å². The molecule has 0 spiro atoms. The molecule has 198 valence electrons. The standard InChI is InChI=1S/C32H28O7/c33-28-29(21-30(37-35,24-13-5-1-6-14-24)25-15-7-2-8-16-25)22-31(26-17-9-3-10-18-26,27-19-11-4-12-20-27)38-39-32(29,34)23-36-28/h1-20,34-35H,21-23H2. The number of carbonyl (C=O) groups excluding carboxylic acids is 1. The van der Waals surface area contributed by atoms with Crippen molar-refractivity contribution < 1.29 is 34.6 Å². The average molecular weight is 525 g/mol. The molecule has 0 radical (unpaired) electrons. The van der Waals surface area contributed by atoms with Crippen LogP contribution in [-0.4, -0.2) is 28.7 Å². The molecule has 0 aliphatic carbocycles. The van der Waals surface area contributed by atoms with Gasteiger partial charge in [0.1, 0.15) is 12.0 Å². The quantitative estimate of drug-likeness (QED) is 0.192. The van der Waals surface area contributed by atoms with E-state index < -0.39 is 35.0 Å². The maximum Gasteiger partial charge on any atom is 0.318 e. The van der Waals surface area contributed by atoms with E-state index in [0.29, 0.717) is 11.1 Å². The largest absolute Gasteiger partial charge is 0.459 e. The van der Waals surface area contributed by atoms with Crippen molar-refractivity contribution >= 4 is 5.97 Å². The molecule has 2 unspecified atom stereocenters. The van der Waals surface area contributed by atoms with Gasteiger partial charge in [0.15, 0.2) is 11.2 Å². The van der Waals surface area contributed by atoms with E-state index in [9.17, 15) is 15.2 Å². The van der Waals surface area contributed by atoms with Gasteiger partial charge >= 0.3 is 5.97 Å². The highest BCUT2D eigenvalue weighted by molar-refractivity contribution is 5.81. The van der Waals surface area contributed by atoms with Crippen molar-refractivity contribution in [3.63, 3.8) is 0 Å². The lowest BCUT2D eigenvalue weighted by atomic mass is 9.61. The second-order valence-electron chi connectivity index (χ2n) is 10.2. The van der Waals surface area contributed by atoms with Crippen LogP contribution in [-0.2, 0) is 35.4 Å². The second-order valence-corrected chi connectivity index (χ2v) is 10.2. The van der Waals surface area contributed by atoms with Gasteiger partial charge in [0.25, 0.3) is 0 Å². The number of cyclic esters (lactones) is 1. The summed E-state index contributed by atoms with van der Waals surface area (Å²) in [6, 6.07) is 37.0. The van der Waals surface area contributed by atoms with Gasteiger partial charge in [-0.2, -0.15) is 4.89 Å². The van der Waals surface area contributed by atoms with Crippen LogP contribution in [0.25, 0.3) is 0 Å². The summed E-state index contributed by atoms with van der Waals surface area (Å²) in [4.78, 5) is 31.2. The molecule has 2 aliphatic heterocycles. The third-order valence-corrected chi connectivity index (χ3v) is 8.08. The summed E-state index contributed by atoms with van der Waals surface area (Å²) in [6.07, 6.45) is -0.251. The Balaban J connectivity index is 1.58. The minimum absolute atomic E-state index is 0.0475. The predicted octanol–water partition coefficient (Wildman–Crippen LogP) is 5.34. The maximum absolute atomic E-state index is 13.9. The molecular weight excluding hydrogens is 496 g/mol. The fourth-order valence-corrected chi connectivity index (χ4v) is 6.01. The molecular formula is C32H28O7.